The highest BCUT2D eigenvalue weighted by Gasteiger charge is 2.18. The Labute approximate surface area is 87.5 Å². The van der Waals surface area contributed by atoms with Crippen LogP contribution in [0.5, 0.6) is 5.75 Å². The van der Waals surface area contributed by atoms with Gasteiger partial charge >= 0.3 is 0 Å². The zero-order valence-corrected chi connectivity index (χ0v) is 8.42. The van der Waals surface area contributed by atoms with Crippen LogP contribution < -0.4 is 4.74 Å². The van der Waals surface area contributed by atoms with E-state index < -0.39 is 17.6 Å². The molecule has 0 bridgehead atoms. The first-order valence-corrected chi connectivity index (χ1v) is 4.54. The Morgan fingerprint density at radius 1 is 1.47 bits per heavy atom. The van der Waals surface area contributed by atoms with Gasteiger partial charge in [-0.3, -0.25) is 10.1 Å². The van der Waals surface area contributed by atoms with E-state index in [1.807, 2.05) is 0 Å². The van der Waals surface area contributed by atoms with E-state index in [9.17, 15) is 10.1 Å². The lowest BCUT2D eigenvalue weighted by atomic mass is 10.1. The summed E-state index contributed by atoms with van der Waals surface area (Å²) in [4.78, 5) is 10.0. The van der Waals surface area contributed by atoms with Gasteiger partial charge in [0.05, 0.1) is 7.11 Å². The molecule has 1 atom stereocenters. The van der Waals surface area contributed by atoms with E-state index in [0.29, 0.717) is 5.75 Å². The first-order chi connectivity index (χ1) is 7.17. The quantitative estimate of drug-likeness (QED) is 0.579. The highest BCUT2D eigenvalue weighted by Crippen LogP contribution is 2.13. The molecule has 0 saturated carbocycles. The topological polar surface area (TPSA) is 72.6 Å². The SMILES string of the molecule is COc1ccc(C[C@H](CO)[N+](=O)[O-])cc1. The van der Waals surface area contributed by atoms with Gasteiger partial charge in [0.15, 0.2) is 0 Å². The molecule has 15 heavy (non-hydrogen) atoms. The van der Waals surface area contributed by atoms with Crippen molar-refractivity contribution in [1.29, 1.82) is 0 Å². The lowest BCUT2D eigenvalue weighted by Crippen LogP contribution is -2.26. The summed E-state index contributed by atoms with van der Waals surface area (Å²) in [6, 6.07) is 6.06. The van der Waals surface area contributed by atoms with Crippen molar-refractivity contribution in [3.63, 3.8) is 0 Å². The van der Waals surface area contributed by atoms with E-state index in [1.165, 1.54) is 0 Å². The molecule has 0 saturated heterocycles. The van der Waals surface area contributed by atoms with Gasteiger partial charge in [-0.05, 0) is 17.7 Å². The monoisotopic (exact) mass is 211 g/mol. The molecule has 0 radical (unpaired) electrons. The van der Waals surface area contributed by atoms with Gasteiger partial charge in [-0.2, -0.15) is 0 Å². The predicted molar refractivity (Wildman–Crippen MR) is 54.6 cm³/mol. The summed E-state index contributed by atoms with van der Waals surface area (Å²) in [5, 5.41) is 19.3. The zero-order valence-electron chi connectivity index (χ0n) is 8.42. The van der Waals surface area contributed by atoms with Crippen molar-refractivity contribution in [2.24, 2.45) is 0 Å². The average Bonchev–Trinajstić information content (AvgIpc) is 2.26. The molecule has 0 aliphatic rings. The molecule has 1 aromatic rings. The Bertz CT molecular complexity index is 323. The Morgan fingerprint density at radius 3 is 2.47 bits per heavy atom. The Morgan fingerprint density at radius 2 is 2.07 bits per heavy atom. The van der Waals surface area contributed by atoms with Gasteiger partial charge in [-0.15, -0.1) is 0 Å². The summed E-state index contributed by atoms with van der Waals surface area (Å²) in [5.74, 6) is 0.709. The van der Waals surface area contributed by atoms with Crippen LogP contribution in [0, 0.1) is 10.1 Å². The highest BCUT2D eigenvalue weighted by molar-refractivity contribution is 5.27. The summed E-state index contributed by atoms with van der Waals surface area (Å²) in [6.07, 6.45) is 0.230. The number of hydrogen-bond acceptors (Lipinski definition) is 4. The molecule has 0 aliphatic carbocycles. The Kier molecular flexibility index (Phi) is 4.05. The van der Waals surface area contributed by atoms with Crippen molar-refractivity contribution in [1.82, 2.24) is 0 Å². The first kappa shape index (κ1) is 11.5. The van der Waals surface area contributed by atoms with Gasteiger partial charge in [0, 0.05) is 11.3 Å². The van der Waals surface area contributed by atoms with E-state index in [2.05, 4.69) is 0 Å². The summed E-state index contributed by atoms with van der Waals surface area (Å²) in [6.45, 7) is -0.445. The summed E-state index contributed by atoms with van der Waals surface area (Å²) in [5.41, 5.74) is 0.812. The zero-order chi connectivity index (χ0) is 11.3. The van der Waals surface area contributed by atoms with Crippen LogP contribution in [0.2, 0.25) is 0 Å². The average molecular weight is 211 g/mol. The molecule has 0 aliphatic heterocycles. The minimum Gasteiger partial charge on any atom is -0.497 e. The van der Waals surface area contributed by atoms with Gasteiger partial charge < -0.3 is 9.84 Å². The van der Waals surface area contributed by atoms with Gasteiger partial charge in [-0.25, -0.2) is 0 Å². The number of aliphatic hydroxyl groups is 1. The smallest absolute Gasteiger partial charge is 0.239 e. The fourth-order valence-electron chi connectivity index (χ4n) is 1.24. The molecule has 1 aromatic carbocycles. The maximum Gasteiger partial charge on any atom is 0.239 e. The second-order valence-corrected chi connectivity index (χ2v) is 3.17. The third kappa shape index (κ3) is 3.21. The van der Waals surface area contributed by atoms with Crippen molar-refractivity contribution in [2.75, 3.05) is 13.7 Å². The molecule has 0 heterocycles. The van der Waals surface area contributed by atoms with E-state index in [0.717, 1.165) is 5.56 Å². The van der Waals surface area contributed by atoms with Crippen LogP contribution in [0.1, 0.15) is 5.56 Å². The fraction of sp³-hybridized carbons (Fsp3) is 0.400. The van der Waals surface area contributed by atoms with Gasteiger partial charge in [0.2, 0.25) is 6.04 Å². The van der Waals surface area contributed by atoms with E-state index >= 15 is 0 Å². The van der Waals surface area contributed by atoms with Gasteiger partial charge in [0.1, 0.15) is 12.4 Å². The van der Waals surface area contributed by atoms with Crippen molar-refractivity contribution in [3.05, 3.63) is 39.9 Å². The van der Waals surface area contributed by atoms with Crippen LogP contribution >= 0.6 is 0 Å². The van der Waals surface area contributed by atoms with Crippen molar-refractivity contribution in [3.8, 4) is 5.75 Å². The lowest BCUT2D eigenvalue weighted by Gasteiger charge is -2.06. The van der Waals surface area contributed by atoms with Crippen molar-refractivity contribution in [2.45, 2.75) is 12.5 Å². The normalized spacial score (nSPS) is 12.1. The summed E-state index contributed by atoms with van der Waals surface area (Å²) in [7, 11) is 1.56. The molecule has 5 nitrogen and oxygen atoms in total. The molecule has 1 rings (SSSR count). The molecule has 82 valence electrons. The second kappa shape index (κ2) is 5.31. The molecule has 0 unspecified atom stereocenters. The molecular weight excluding hydrogens is 198 g/mol. The number of methoxy groups -OCH3 is 1. The summed E-state index contributed by atoms with van der Waals surface area (Å²) < 4.78 is 4.96. The largest absolute Gasteiger partial charge is 0.497 e. The Hall–Kier alpha value is -1.62. The van der Waals surface area contributed by atoms with Gasteiger partial charge in [-0.1, -0.05) is 12.1 Å². The summed E-state index contributed by atoms with van der Waals surface area (Å²) >= 11 is 0. The third-order valence-corrected chi connectivity index (χ3v) is 2.14. The highest BCUT2D eigenvalue weighted by atomic mass is 16.6. The van der Waals surface area contributed by atoms with Gasteiger partial charge in [0.25, 0.3) is 0 Å². The third-order valence-electron chi connectivity index (χ3n) is 2.14. The van der Waals surface area contributed by atoms with Crippen LogP contribution in [0.25, 0.3) is 0 Å². The minimum atomic E-state index is -0.932. The molecular formula is C10H13NO4. The molecule has 5 heteroatoms. The van der Waals surface area contributed by atoms with E-state index in [-0.39, 0.29) is 6.42 Å². The molecule has 0 spiro atoms. The number of ether oxygens (including phenoxy) is 1. The second-order valence-electron chi connectivity index (χ2n) is 3.17. The van der Waals surface area contributed by atoms with Crippen molar-refractivity contribution < 1.29 is 14.8 Å². The number of nitrogens with zero attached hydrogens (tertiary/aromatic N) is 1. The van der Waals surface area contributed by atoms with E-state index in [4.69, 9.17) is 9.84 Å². The molecule has 1 N–H and O–H groups in total. The Balaban J connectivity index is 2.67. The molecule has 0 amide bonds. The number of rotatable bonds is 5. The fourth-order valence-corrected chi connectivity index (χ4v) is 1.24. The maximum atomic E-state index is 10.5. The minimum absolute atomic E-state index is 0.230. The van der Waals surface area contributed by atoms with Crippen molar-refractivity contribution >= 4 is 0 Å². The number of nitro groups is 1. The predicted octanol–water partition coefficient (Wildman–Crippen LogP) is 0.875. The van der Waals surface area contributed by atoms with Crippen LogP contribution in [0.4, 0.5) is 0 Å². The molecule has 0 aromatic heterocycles. The number of benzene rings is 1. The standard InChI is InChI=1S/C10H13NO4/c1-15-10-4-2-8(3-5-10)6-9(7-12)11(13)14/h2-5,9,12H,6-7H2,1H3/t9-/m1/s1. The maximum absolute atomic E-state index is 10.5. The van der Waals surface area contributed by atoms with Crippen LogP contribution in [-0.4, -0.2) is 29.8 Å². The number of hydrogen-bond donors (Lipinski definition) is 1. The van der Waals surface area contributed by atoms with E-state index in [1.54, 1.807) is 31.4 Å². The number of aliphatic hydroxyl groups excluding tert-OH is 1. The lowest BCUT2D eigenvalue weighted by molar-refractivity contribution is -0.525. The molecule has 0 fully saturated rings. The van der Waals surface area contributed by atoms with Crippen LogP contribution in [0.3, 0.4) is 0 Å². The van der Waals surface area contributed by atoms with Crippen LogP contribution in [0.15, 0.2) is 24.3 Å². The van der Waals surface area contributed by atoms with Crippen LogP contribution in [-0.2, 0) is 6.42 Å². The first-order valence-electron chi connectivity index (χ1n) is 4.54.